The van der Waals surface area contributed by atoms with Gasteiger partial charge in [0.05, 0.1) is 18.3 Å². The van der Waals surface area contributed by atoms with E-state index in [1.807, 2.05) is 42.6 Å². The molecule has 0 atom stereocenters. The van der Waals surface area contributed by atoms with Crippen LogP contribution in [0.3, 0.4) is 0 Å². The Kier molecular flexibility index (Phi) is 5.64. The number of hydrogen-bond acceptors (Lipinski definition) is 4. The molecule has 6 heteroatoms. The third-order valence-corrected chi connectivity index (χ3v) is 3.90. The first-order valence-corrected chi connectivity index (χ1v) is 8.30. The number of ether oxygens (including phenoxy) is 1. The number of hydrogen-bond donors (Lipinski definition) is 3. The summed E-state index contributed by atoms with van der Waals surface area (Å²) in [6.07, 6.45) is 4.78. The van der Waals surface area contributed by atoms with Crippen molar-refractivity contribution in [2.24, 2.45) is 0 Å². The molecule has 3 rings (SSSR count). The predicted octanol–water partition coefficient (Wildman–Crippen LogP) is 3.19. The number of aromatic amines is 1. The highest BCUT2D eigenvalue weighted by molar-refractivity contribution is 5.95. The minimum Gasteiger partial charge on any atom is -0.385 e. The number of aromatic nitrogens is 2. The molecule has 2 aromatic heterocycles. The van der Waals surface area contributed by atoms with Gasteiger partial charge in [0.1, 0.15) is 5.82 Å². The van der Waals surface area contributed by atoms with Gasteiger partial charge in [-0.25, -0.2) is 4.98 Å². The molecule has 0 radical (unpaired) electrons. The maximum atomic E-state index is 12.3. The number of benzene rings is 1. The van der Waals surface area contributed by atoms with Crippen LogP contribution in [0.15, 0.2) is 48.8 Å². The maximum Gasteiger partial charge on any atom is 0.228 e. The zero-order valence-electron chi connectivity index (χ0n) is 14.2. The van der Waals surface area contributed by atoms with Gasteiger partial charge >= 0.3 is 0 Å². The highest BCUT2D eigenvalue weighted by Gasteiger charge is 2.09. The van der Waals surface area contributed by atoms with Gasteiger partial charge in [-0.2, -0.15) is 0 Å². The molecule has 0 aliphatic rings. The van der Waals surface area contributed by atoms with Crippen LogP contribution >= 0.6 is 0 Å². The van der Waals surface area contributed by atoms with Gasteiger partial charge in [-0.15, -0.1) is 0 Å². The molecule has 0 spiro atoms. The van der Waals surface area contributed by atoms with Gasteiger partial charge in [0, 0.05) is 37.4 Å². The fourth-order valence-corrected chi connectivity index (χ4v) is 2.66. The minimum atomic E-state index is -0.0626. The lowest BCUT2D eigenvalue weighted by Crippen LogP contribution is -2.14. The molecule has 0 fully saturated rings. The molecule has 0 saturated heterocycles. The van der Waals surface area contributed by atoms with Crippen molar-refractivity contribution in [3.8, 4) is 0 Å². The van der Waals surface area contributed by atoms with Crippen LogP contribution in [0.25, 0.3) is 10.9 Å². The Morgan fingerprint density at radius 2 is 2.12 bits per heavy atom. The average molecular weight is 338 g/mol. The van der Waals surface area contributed by atoms with Crippen molar-refractivity contribution in [3.05, 3.63) is 54.4 Å². The van der Waals surface area contributed by atoms with Crippen molar-refractivity contribution in [1.29, 1.82) is 0 Å². The summed E-state index contributed by atoms with van der Waals surface area (Å²) in [5, 5.41) is 7.17. The Hall–Kier alpha value is -2.86. The van der Waals surface area contributed by atoms with Gasteiger partial charge in [0.2, 0.25) is 5.91 Å². The van der Waals surface area contributed by atoms with Crippen LogP contribution in [-0.2, 0) is 16.0 Å². The normalized spacial score (nSPS) is 10.8. The number of carbonyl (C=O) groups is 1. The minimum absolute atomic E-state index is 0.0626. The summed E-state index contributed by atoms with van der Waals surface area (Å²) in [7, 11) is 1.69. The third kappa shape index (κ3) is 4.58. The molecule has 2 heterocycles. The average Bonchev–Trinajstić information content (AvgIpc) is 3.03. The number of para-hydroxylation sites is 1. The third-order valence-electron chi connectivity index (χ3n) is 3.90. The van der Waals surface area contributed by atoms with Gasteiger partial charge in [-0.05, 0) is 30.2 Å². The standard InChI is InChI=1S/C19H22N4O2/c1-25-10-4-9-20-18-8-7-15(13-22-18)23-19(24)11-14-12-21-17-6-3-2-5-16(14)17/h2-3,5-8,12-13,21H,4,9-11H2,1H3,(H,20,22)(H,23,24). The van der Waals surface area contributed by atoms with Crippen LogP contribution in [-0.4, -0.2) is 36.1 Å². The van der Waals surface area contributed by atoms with E-state index in [0.29, 0.717) is 12.1 Å². The molecular formula is C19H22N4O2. The van der Waals surface area contributed by atoms with Gasteiger partial charge in [0.25, 0.3) is 0 Å². The number of anilines is 2. The molecule has 0 aliphatic heterocycles. The Labute approximate surface area is 146 Å². The highest BCUT2D eigenvalue weighted by Crippen LogP contribution is 2.18. The topological polar surface area (TPSA) is 79.0 Å². The molecule has 0 bridgehead atoms. The van der Waals surface area contributed by atoms with Crippen LogP contribution < -0.4 is 10.6 Å². The van der Waals surface area contributed by atoms with Crippen LogP contribution in [0, 0.1) is 0 Å². The number of rotatable bonds is 8. The van der Waals surface area contributed by atoms with Gasteiger partial charge in [-0.1, -0.05) is 18.2 Å². The van der Waals surface area contributed by atoms with Gasteiger partial charge in [-0.3, -0.25) is 4.79 Å². The van der Waals surface area contributed by atoms with Crippen molar-refractivity contribution in [2.75, 3.05) is 30.9 Å². The Balaban J connectivity index is 1.54. The number of H-pyrrole nitrogens is 1. The van der Waals surface area contributed by atoms with Crippen molar-refractivity contribution < 1.29 is 9.53 Å². The number of amides is 1. The smallest absolute Gasteiger partial charge is 0.228 e. The monoisotopic (exact) mass is 338 g/mol. The van der Waals surface area contributed by atoms with Crippen molar-refractivity contribution in [1.82, 2.24) is 9.97 Å². The van der Waals surface area contributed by atoms with E-state index in [1.165, 1.54) is 0 Å². The summed E-state index contributed by atoms with van der Waals surface area (Å²) >= 11 is 0. The second-order valence-electron chi connectivity index (χ2n) is 5.79. The van der Waals surface area contributed by atoms with E-state index in [1.54, 1.807) is 13.3 Å². The summed E-state index contributed by atoms with van der Waals surface area (Å²) in [4.78, 5) is 19.8. The summed E-state index contributed by atoms with van der Waals surface area (Å²) in [5.74, 6) is 0.720. The van der Waals surface area contributed by atoms with Crippen LogP contribution in [0.4, 0.5) is 11.5 Å². The largest absolute Gasteiger partial charge is 0.385 e. The summed E-state index contributed by atoms with van der Waals surface area (Å²) < 4.78 is 5.00. The molecule has 6 nitrogen and oxygen atoms in total. The highest BCUT2D eigenvalue weighted by atomic mass is 16.5. The molecule has 0 aliphatic carbocycles. The number of nitrogens with one attached hydrogen (secondary N) is 3. The van der Waals surface area contributed by atoms with E-state index < -0.39 is 0 Å². The first kappa shape index (κ1) is 17.0. The second kappa shape index (κ2) is 8.30. The number of nitrogens with zero attached hydrogens (tertiary/aromatic N) is 1. The zero-order valence-corrected chi connectivity index (χ0v) is 14.2. The summed E-state index contributed by atoms with van der Waals surface area (Å²) in [6.45, 7) is 1.52. The van der Waals surface area contributed by atoms with Gasteiger partial charge in [0.15, 0.2) is 0 Å². The zero-order chi connectivity index (χ0) is 17.5. The quantitative estimate of drug-likeness (QED) is 0.551. The van der Waals surface area contributed by atoms with Crippen LogP contribution in [0.1, 0.15) is 12.0 Å². The van der Waals surface area contributed by atoms with E-state index in [0.717, 1.165) is 41.9 Å². The Morgan fingerprint density at radius 1 is 1.24 bits per heavy atom. The van der Waals surface area contributed by atoms with E-state index in [2.05, 4.69) is 20.6 Å². The SMILES string of the molecule is COCCCNc1ccc(NC(=O)Cc2c[nH]c3ccccc23)cn1. The lowest BCUT2D eigenvalue weighted by atomic mass is 10.1. The van der Waals surface area contributed by atoms with E-state index in [4.69, 9.17) is 4.74 Å². The van der Waals surface area contributed by atoms with Crippen LogP contribution in [0.5, 0.6) is 0 Å². The molecular weight excluding hydrogens is 316 g/mol. The molecule has 3 aromatic rings. The van der Waals surface area contributed by atoms with E-state index in [-0.39, 0.29) is 5.91 Å². The van der Waals surface area contributed by atoms with Crippen LogP contribution in [0.2, 0.25) is 0 Å². The Bertz CT molecular complexity index is 827. The fraction of sp³-hybridized carbons (Fsp3) is 0.263. The molecule has 0 unspecified atom stereocenters. The molecule has 130 valence electrons. The van der Waals surface area contributed by atoms with Crippen molar-refractivity contribution >= 4 is 28.3 Å². The molecule has 25 heavy (non-hydrogen) atoms. The van der Waals surface area contributed by atoms with Crippen molar-refractivity contribution in [2.45, 2.75) is 12.8 Å². The lowest BCUT2D eigenvalue weighted by molar-refractivity contribution is -0.115. The number of fused-ring (bicyclic) bond motifs is 1. The maximum absolute atomic E-state index is 12.3. The number of pyridine rings is 1. The molecule has 1 aromatic carbocycles. The van der Waals surface area contributed by atoms with E-state index in [9.17, 15) is 4.79 Å². The first-order chi connectivity index (χ1) is 12.3. The summed E-state index contributed by atoms with van der Waals surface area (Å²) in [6, 6.07) is 11.7. The fourth-order valence-electron chi connectivity index (χ4n) is 2.66. The molecule has 3 N–H and O–H groups in total. The van der Waals surface area contributed by atoms with Crippen molar-refractivity contribution in [3.63, 3.8) is 0 Å². The predicted molar refractivity (Wildman–Crippen MR) is 99.9 cm³/mol. The molecule has 0 saturated carbocycles. The molecule has 1 amide bonds. The lowest BCUT2D eigenvalue weighted by Gasteiger charge is -2.07. The summed E-state index contributed by atoms with van der Waals surface area (Å²) in [5.41, 5.74) is 2.71. The van der Waals surface area contributed by atoms with Gasteiger partial charge < -0.3 is 20.4 Å². The Morgan fingerprint density at radius 3 is 2.92 bits per heavy atom. The number of methoxy groups -OCH3 is 1. The van der Waals surface area contributed by atoms with E-state index >= 15 is 0 Å². The number of carbonyl (C=O) groups excluding carboxylic acids is 1. The first-order valence-electron chi connectivity index (χ1n) is 8.30. The second-order valence-corrected chi connectivity index (χ2v) is 5.79.